The molecule has 41 heavy (non-hydrogen) atoms. The molecular formula is C33H24ClN3O2S2. The van der Waals surface area contributed by atoms with E-state index in [0.717, 1.165) is 33.6 Å². The Morgan fingerprint density at radius 3 is 2.37 bits per heavy atom. The van der Waals surface area contributed by atoms with Crippen molar-refractivity contribution in [2.45, 2.75) is 13.2 Å². The normalized spacial score (nSPS) is 14.2. The number of carbonyl (C=O) groups is 1. The van der Waals surface area contributed by atoms with Crippen LogP contribution in [0.25, 0.3) is 23.0 Å². The van der Waals surface area contributed by atoms with Crippen LogP contribution in [0.5, 0.6) is 5.75 Å². The van der Waals surface area contributed by atoms with Crippen LogP contribution < -0.4 is 4.74 Å². The van der Waals surface area contributed by atoms with Gasteiger partial charge in [0, 0.05) is 22.3 Å². The molecule has 0 saturated carbocycles. The van der Waals surface area contributed by atoms with E-state index >= 15 is 0 Å². The zero-order chi connectivity index (χ0) is 28.2. The number of para-hydroxylation sites is 1. The smallest absolute Gasteiger partial charge is 0.266 e. The third-order valence-electron chi connectivity index (χ3n) is 6.53. The third-order valence-corrected chi connectivity index (χ3v) is 8.16. The van der Waals surface area contributed by atoms with Gasteiger partial charge in [-0.25, -0.2) is 4.68 Å². The second-order valence-electron chi connectivity index (χ2n) is 9.41. The predicted molar refractivity (Wildman–Crippen MR) is 170 cm³/mol. The Morgan fingerprint density at radius 1 is 0.878 bits per heavy atom. The van der Waals surface area contributed by atoms with Crippen LogP contribution in [0.2, 0.25) is 5.02 Å². The van der Waals surface area contributed by atoms with Crippen LogP contribution >= 0.6 is 35.6 Å². The lowest BCUT2D eigenvalue weighted by Crippen LogP contribution is -2.27. The lowest BCUT2D eigenvalue weighted by atomic mass is 10.1. The van der Waals surface area contributed by atoms with Crippen LogP contribution in [0, 0.1) is 0 Å². The molecule has 1 aliphatic heterocycles. The monoisotopic (exact) mass is 593 g/mol. The first-order chi connectivity index (χ1) is 20.0. The lowest BCUT2D eigenvalue weighted by molar-refractivity contribution is -0.122. The van der Waals surface area contributed by atoms with Crippen molar-refractivity contribution in [3.8, 4) is 22.7 Å². The Balaban J connectivity index is 1.32. The summed E-state index contributed by atoms with van der Waals surface area (Å²) < 4.78 is 8.45. The van der Waals surface area contributed by atoms with Crippen LogP contribution in [-0.4, -0.2) is 24.9 Å². The number of nitrogens with zero attached hydrogens (tertiary/aromatic N) is 3. The van der Waals surface area contributed by atoms with E-state index in [9.17, 15) is 4.79 Å². The second-order valence-corrected chi connectivity index (χ2v) is 11.5. The summed E-state index contributed by atoms with van der Waals surface area (Å²) in [6.07, 6.45) is 3.82. The largest absolute Gasteiger partial charge is 0.489 e. The molecule has 0 bridgehead atoms. The number of amides is 1. The Kier molecular flexibility index (Phi) is 8.00. The van der Waals surface area contributed by atoms with Gasteiger partial charge in [0.25, 0.3) is 5.91 Å². The van der Waals surface area contributed by atoms with E-state index in [1.54, 1.807) is 4.90 Å². The molecule has 1 aromatic heterocycles. The summed E-state index contributed by atoms with van der Waals surface area (Å²) in [5.41, 5.74) is 5.38. The van der Waals surface area contributed by atoms with Crippen LogP contribution in [0.1, 0.15) is 16.7 Å². The molecule has 5 nitrogen and oxygen atoms in total. The molecule has 1 aliphatic rings. The first-order valence-electron chi connectivity index (χ1n) is 13.0. The van der Waals surface area contributed by atoms with Crippen LogP contribution in [0.4, 0.5) is 0 Å². The van der Waals surface area contributed by atoms with Crippen molar-refractivity contribution < 1.29 is 9.53 Å². The lowest BCUT2D eigenvalue weighted by Gasteiger charge is -2.14. The Morgan fingerprint density at radius 2 is 1.61 bits per heavy atom. The molecule has 2 heterocycles. The third kappa shape index (κ3) is 6.28. The van der Waals surface area contributed by atoms with E-state index in [4.69, 9.17) is 33.7 Å². The molecule has 8 heteroatoms. The van der Waals surface area contributed by atoms with Crippen LogP contribution in [0.15, 0.2) is 120 Å². The zero-order valence-corrected chi connectivity index (χ0v) is 24.2. The molecule has 202 valence electrons. The summed E-state index contributed by atoms with van der Waals surface area (Å²) in [7, 11) is 0. The average molecular weight is 594 g/mol. The van der Waals surface area contributed by atoms with Crippen molar-refractivity contribution in [1.29, 1.82) is 0 Å². The Bertz CT molecular complexity index is 1740. The minimum absolute atomic E-state index is 0.109. The number of rotatable bonds is 8. The SMILES string of the molecule is O=C1/C(=C/c2cn(-c3ccccc3)nc2-c2cccc(OCc3ccc(Cl)cc3)c2)SC(=S)N1Cc1ccccc1. The van der Waals surface area contributed by atoms with Crippen molar-refractivity contribution >= 4 is 51.9 Å². The number of hydrogen-bond donors (Lipinski definition) is 0. The van der Waals surface area contributed by atoms with Gasteiger partial charge in [-0.15, -0.1) is 0 Å². The molecule has 0 spiro atoms. The second kappa shape index (κ2) is 12.1. The Labute approximate surface area is 253 Å². The highest BCUT2D eigenvalue weighted by Crippen LogP contribution is 2.36. The molecule has 5 aromatic rings. The number of carbonyl (C=O) groups excluding carboxylic acids is 1. The minimum atomic E-state index is -0.109. The number of halogens is 1. The highest BCUT2D eigenvalue weighted by Gasteiger charge is 2.32. The van der Waals surface area contributed by atoms with Gasteiger partial charge in [0.05, 0.1) is 17.1 Å². The first-order valence-corrected chi connectivity index (χ1v) is 14.6. The van der Waals surface area contributed by atoms with Crippen molar-refractivity contribution in [3.05, 3.63) is 142 Å². The van der Waals surface area contributed by atoms with E-state index in [1.807, 2.05) is 126 Å². The van der Waals surface area contributed by atoms with Gasteiger partial charge in [0.2, 0.25) is 0 Å². The van der Waals surface area contributed by atoms with Crippen LogP contribution in [0.3, 0.4) is 0 Å². The van der Waals surface area contributed by atoms with Gasteiger partial charge in [-0.3, -0.25) is 9.69 Å². The van der Waals surface area contributed by atoms with Gasteiger partial charge in [0.15, 0.2) is 0 Å². The topological polar surface area (TPSA) is 47.4 Å². The zero-order valence-electron chi connectivity index (χ0n) is 21.8. The van der Waals surface area contributed by atoms with Crippen molar-refractivity contribution in [2.75, 3.05) is 0 Å². The summed E-state index contributed by atoms with van der Waals surface area (Å²) in [6, 6.07) is 35.1. The predicted octanol–water partition coefficient (Wildman–Crippen LogP) is 8.17. The van der Waals surface area contributed by atoms with Gasteiger partial charge >= 0.3 is 0 Å². The summed E-state index contributed by atoms with van der Waals surface area (Å²) >= 11 is 12.9. The number of hydrogen-bond acceptors (Lipinski definition) is 5. The fraction of sp³-hybridized carbons (Fsp3) is 0.0606. The number of benzene rings is 4. The Hall–Kier alpha value is -4.17. The van der Waals surface area contributed by atoms with Crippen molar-refractivity contribution in [1.82, 2.24) is 14.7 Å². The van der Waals surface area contributed by atoms with Gasteiger partial charge in [-0.2, -0.15) is 5.10 Å². The quantitative estimate of drug-likeness (QED) is 0.134. The molecule has 4 aromatic carbocycles. The minimum Gasteiger partial charge on any atom is -0.489 e. The molecule has 0 N–H and O–H groups in total. The van der Waals surface area contributed by atoms with Crippen molar-refractivity contribution in [2.24, 2.45) is 0 Å². The summed E-state index contributed by atoms with van der Waals surface area (Å²) in [6.45, 7) is 0.849. The molecule has 0 unspecified atom stereocenters. The maximum atomic E-state index is 13.4. The van der Waals surface area contributed by atoms with Gasteiger partial charge in [-0.1, -0.05) is 108 Å². The maximum absolute atomic E-state index is 13.4. The van der Waals surface area contributed by atoms with Gasteiger partial charge < -0.3 is 4.74 Å². The maximum Gasteiger partial charge on any atom is 0.266 e. The van der Waals surface area contributed by atoms with E-state index in [2.05, 4.69) is 0 Å². The number of thioether (sulfide) groups is 1. The number of thiocarbonyl (C=S) groups is 1. The summed E-state index contributed by atoms with van der Waals surface area (Å²) in [5.74, 6) is 0.606. The summed E-state index contributed by atoms with van der Waals surface area (Å²) in [4.78, 5) is 15.6. The molecular weight excluding hydrogens is 570 g/mol. The number of aromatic nitrogens is 2. The summed E-state index contributed by atoms with van der Waals surface area (Å²) in [5, 5.41) is 5.62. The average Bonchev–Trinajstić information content (AvgIpc) is 3.54. The first kappa shape index (κ1) is 27.0. The van der Waals surface area contributed by atoms with E-state index in [-0.39, 0.29) is 5.91 Å². The number of ether oxygens (including phenoxy) is 1. The van der Waals surface area contributed by atoms with E-state index < -0.39 is 0 Å². The van der Waals surface area contributed by atoms with E-state index in [1.165, 1.54) is 11.8 Å². The van der Waals surface area contributed by atoms with Crippen LogP contribution in [-0.2, 0) is 17.9 Å². The van der Waals surface area contributed by atoms with E-state index in [0.29, 0.717) is 33.1 Å². The fourth-order valence-corrected chi connectivity index (χ4v) is 5.83. The van der Waals surface area contributed by atoms with Crippen molar-refractivity contribution in [3.63, 3.8) is 0 Å². The molecule has 1 saturated heterocycles. The molecule has 0 aliphatic carbocycles. The molecule has 0 atom stereocenters. The molecule has 6 rings (SSSR count). The highest BCUT2D eigenvalue weighted by molar-refractivity contribution is 8.26. The standard InChI is InChI=1S/C33H24ClN3O2S2/c34-27-16-14-24(15-17-27)22-39-29-13-7-10-25(18-29)31-26(21-37(35-31)28-11-5-2-6-12-28)19-30-32(38)36(33(40)41-30)20-23-8-3-1-4-9-23/h1-19,21H,20,22H2/b30-19-. The molecule has 1 fully saturated rings. The van der Waals surface area contributed by atoms with Gasteiger partial charge in [0.1, 0.15) is 22.4 Å². The molecule has 0 radical (unpaired) electrons. The fourth-order valence-electron chi connectivity index (χ4n) is 4.45. The highest BCUT2D eigenvalue weighted by atomic mass is 35.5. The van der Waals surface area contributed by atoms with Gasteiger partial charge in [-0.05, 0) is 53.6 Å². The molecule has 1 amide bonds.